The van der Waals surface area contributed by atoms with Crippen LogP contribution in [0.1, 0.15) is 65.3 Å². The molecule has 1 unspecified atom stereocenters. The van der Waals surface area contributed by atoms with Crippen molar-refractivity contribution < 1.29 is 14.7 Å². The molecule has 2 aromatic carbocycles. The van der Waals surface area contributed by atoms with Gasteiger partial charge in [0.2, 0.25) is 0 Å². The average Bonchev–Trinajstić information content (AvgIpc) is 2.82. The third-order valence-corrected chi connectivity index (χ3v) is 6.67. The third-order valence-electron chi connectivity index (χ3n) is 6.67. The van der Waals surface area contributed by atoms with Gasteiger partial charge in [0.05, 0.1) is 6.54 Å². The Hall–Kier alpha value is -3.67. The molecule has 1 atom stereocenters. The van der Waals surface area contributed by atoms with Gasteiger partial charge in [-0.1, -0.05) is 73.5 Å². The van der Waals surface area contributed by atoms with E-state index in [1.54, 1.807) is 41.0 Å². The van der Waals surface area contributed by atoms with Crippen LogP contribution >= 0.6 is 0 Å². The molecule has 1 aliphatic carbocycles. The molecule has 1 amide bonds. The zero-order valence-corrected chi connectivity index (χ0v) is 19.4. The van der Waals surface area contributed by atoms with Crippen LogP contribution in [0.4, 0.5) is 0 Å². The van der Waals surface area contributed by atoms with E-state index in [4.69, 9.17) is 0 Å². The lowest BCUT2D eigenvalue weighted by Crippen LogP contribution is -2.51. The fraction of sp³-hybridized carbons (Fsp3) is 0.321. The molecule has 0 spiro atoms. The van der Waals surface area contributed by atoms with Crippen LogP contribution < -0.4 is 10.9 Å². The van der Waals surface area contributed by atoms with Crippen LogP contribution in [0.5, 0.6) is 0 Å². The number of hydrogen-bond acceptors (Lipinski definition) is 3. The van der Waals surface area contributed by atoms with Gasteiger partial charge < -0.3 is 15.0 Å². The van der Waals surface area contributed by atoms with Crippen molar-refractivity contribution in [2.24, 2.45) is 0 Å². The first kappa shape index (κ1) is 23.5. The van der Waals surface area contributed by atoms with E-state index in [9.17, 15) is 19.5 Å². The normalized spacial score (nSPS) is 15.3. The maximum Gasteiger partial charge on any atom is 0.333 e. The number of aryl methyl sites for hydroxylation is 1. The second kappa shape index (κ2) is 10.1. The number of nitrogens with one attached hydrogen (secondary N) is 1. The van der Waals surface area contributed by atoms with E-state index in [0.717, 1.165) is 55.3 Å². The Kier molecular flexibility index (Phi) is 6.96. The molecule has 6 nitrogen and oxygen atoms in total. The molecule has 1 aromatic heterocycles. The summed E-state index contributed by atoms with van der Waals surface area (Å²) in [6.45, 7) is 1.82. The Labute approximate surface area is 199 Å². The predicted molar refractivity (Wildman–Crippen MR) is 131 cm³/mol. The molecule has 1 heterocycles. The lowest BCUT2D eigenvalue weighted by atomic mass is 9.91. The van der Waals surface area contributed by atoms with Crippen molar-refractivity contribution in [1.82, 2.24) is 9.88 Å². The van der Waals surface area contributed by atoms with E-state index in [0.29, 0.717) is 12.1 Å². The molecule has 0 bridgehead atoms. The number of carbonyl (C=O) groups is 2. The summed E-state index contributed by atoms with van der Waals surface area (Å²) >= 11 is 0. The molecule has 6 heteroatoms. The smallest absolute Gasteiger partial charge is 0.333 e. The fourth-order valence-electron chi connectivity index (χ4n) is 4.64. The monoisotopic (exact) mass is 458 g/mol. The van der Waals surface area contributed by atoms with Crippen molar-refractivity contribution in [2.45, 2.75) is 57.5 Å². The zero-order valence-electron chi connectivity index (χ0n) is 19.4. The van der Waals surface area contributed by atoms with Crippen LogP contribution in [0.3, 0.4) is 0 Å². The van der Waals surface area contributed by atoms with Crippen LogP contribution in [-0.4, -0.2) is 21.6 Å². The minimum atomic E-state index is -1.67. The van der Waals surface area contributed by atoms with Gasteiger partial charge in [0, 0.05) is 5.69 Å². The van der Waals surface area contributed by atoms with Crippen molar-refractivity contribution in [3.05, 3.63) is 105 Å². The highest BCUT2D eigenvalue weighted by Gasteiger charge is 2.38. The van der Waals surface area contributed by atoms with Crippen molar-refractivity contribution >= 4 is 11.9 Å². The number of carboxylic acid groups (broad SMARTS) is 1. The highest BCUT2D eigenvalue weighted by Crippen LogP contribution is 2.24. The Bertz CT molecular complexity index is 1230. The molecule has 1 aliphatic rings. The van der Waals surface area contributed by atoms with E-state index in [1.165, 1.54) is 6.92 Å². The number of aromatic nitrogens is 1. The van der Waals surface area contributed by atoms with E-state index in [2.05, 4.69) is 5.32 Å². The number of benzene rings is 2. The summed E-state index contributed by atoms with van der Waals surface area (Å²) in [6.07, 6.45) is 5.81. The maximum atomic E-state index is 13.6. The number of rotatable bonds is 6. The van der Waals surface area contributed by atoms with Gasteiger partial charge in [-0.15, -0.1) is 0 Å². The van der Waals surface area contributed by atoms with Gasteiger partial charge in [-0.25, -0.2) is 4.79 Å². The van der Waals surface area contributed by atoms with Crippen LogP contribution in [0.25, 0.3) is 0 Å². The van der Waals surface area contributed by atoms with Gasteiger partial charge >= 0.3 is 5.97 Å². The summed E-state index contributed by atoms with van der Waals surface area (Å²) in [6, 6.07) is 19.9. The Morgan fingerprint density at radius 3 is 2.21 bits per heavy atom. The summed E-state index contributed by atoms with van der Waals surface area (Å²) < 4.78 is 1.71. The topological polar surface area (TPSA) is 88.4 Å². The van der Waals surface area contributed by atoms with Gasteiger partial charge in [-0.2, -0.15) is 0 Å². The fourth-order valence-corrected chi connectivity index (χ4v) is 4.64. The second-order valence-corrected chi connectivity index (χ2v) is 9.07. The number of aliphatic carboxylic acids is 1. The molecule has 34 heavy (non-hydrogen) atoms. The third kappa shape index (κ3) is 4.81. The SMILES string of the molecule is CC(NC(=O)c1cc2c(n(Cc3ccccc3)c1=O)CCCCCC2)(C(=O)O)c1ccccc1. The summed E-state index contributed by atoms with van der Waals surface area (Å²) in [5.74, 6) is -1.87. The number of fused-ring (bicyclic) bond motifs is 1. The van der Waals surface area contributed by atoms with E-state index in [1.807, 2.05) is 30.3 Å². The number of pyridine rings is 1. The molecule has 2 N–H and O–H groups in total. The number of hydrogen-bond donors (Lipinski definition) is 2. The van der Waals surface area contributed by atoms with E-state index < -0.39 is 17.4 Å². The van der Waals surface area contributed by atoms with E-state index in [-0.39, 0.29) is 11.1 Å². The molecule has 4 rings (SSSR count). The van der Waals surface area contributed by atoms with E-state index >= 15 is 0 Å². The quantitative estimate of drug-likeness (QED) is 0.577. The number of carbonyl (C=O) groups excluding carboxylic acids is 1. The standard InChI is InChI=1S/C28H30N2O4/c1-28(27(33)34,22-15-9-5-10-16-22)29-25(31)23-18-21-14-8-2-3-11-17-24(21)30(26(23)32)19-20-12-6-4-7-13-20/h4-7,9-10,12-13,15-16,18H,2-3,8,11,14,17,19H2,1H3,(H,29,31)(H,33,34). The lowest BCUT2D eigenvalue weighted by molar-refractivity contribution is -0.144. The number of amides is 1. The molecule has 0 saturated heterocycles. The molecule has 3 aromatic rings. The molecular weight excluding hydrogens is 428 g/mol. The highest BCUT2D eigenvalue weighted by molar-refractivity contribution is 5.98. The first-order chi connectivity index (χ1) is 16.4. The zero-order chi connectivity index (χ0) is 24.1. The largest absolute Gasteiger partial charge is 0.479 e. The van der Waals surface area contributed by atoms with Crippen molar-refractivity contribution in [1.29, 1.82) is 0 Å². The minimum Gasteiger partial charge on any atom is -0.479 e. The Morgan fingerprint density at radius 1 is 0.941 bits per heavy atom. The summed E-state index contributed by atoms with van der Waals surface area (Å²) in [4.78, 5) is 39.2. The van der Waals surface area contributed by atoms with Gasteiger partial charge in [0.15, 0.2) is 5.54 Å². The van der Waals surface area contributed by atoms with Crippen molar-refractivity contribution in [3.63, 3.8) is 0 Å². The Morgan fingerprint density at radius 2 is 1.56 bits per heavy atom. The number of nitrogens with zero attached hydrogens (tertiary/aromatic N) is 1. The summed E-state index contributed by atoms with van der Waals surface area (Å²) in [5.41, 5.74) is 1.32. The van der Waals surface area contributed by atoms with Gasteiger partial charge in [0.25, 0.3) is 11.5 Å². The highest BCUT2D eigenvalue weighted by atomic mass is 16.4. The van der Waals surface area contributed by atoms with Crippen molar-refractivity contribution in [3.8, 4) is 0 Å². The predicted octanol–water partition coefficient (Wildman–Crippen LogP) is 4.29. The van der Waals surface area contributed by atoms with Crippen molar-refractivity contribution in [2.75, 3.05) is 0 Å². The van der Waals surface area contributed by atoms with Crippen LogP contribution in [0.15, 0.2) is 71.5 Å². The van der Waals surface area contributed by atoms with Crippen LogP contribution in [0, 0.1) is 0 Å². The molecule has 0 radical (unpaired) electrons. The summed E-state index contributed by atoms with van der Waals surface area (Å²) in [7, 11) is 0. The average molecular weight is 459 g/mol. The maximum absolute atomic E-state index is 13.6. The van der Waals surface area contributed by atoms with Gasteiger partial charge in [-0.05, 0) is 55.4 Å². The van der Waals surface area contributed by atoms with Crippen LogP contribution in [0.2, 0.25) is 0 Å². The molecule has 0 fully saturated rings. The summed E-state index contributed by atoms with van der Waals surface area (Å²) in [5, 5.41) is 12.6. The second-order valence-electron chi connectivity index (χ2n) is 9.07. The minimum absolute atomic E-state index is 0.0151. The molecule has 0 aliphatic heterocycles. The van der Waals surface area contributed by atoms with Gasteiger partial charge in [-0.3, -0.25) is 9.59 Å². The molecule has 0 saturated carbocycles. The lowest BCUT2D eigenvalue weighted by Gasteiger charge is -2.27. The van der Waals surface area contributed by atoms with Gasteiger partial charge in [0.1, 0.15) is 5.56 Å². The van der Waals surface area contributed by atoms with Crippen LogP contribution in [-0.2, 0) is 29.7 Å². The Balaban J connectivity index is 1.78. The molecular formula is C28H30N2O4. The first-order valence-electron chi connectivity index (χ1n) is 11.8. The first-order valence-corrected chi connectivity index (χ1v) is 11.8. The molecule has 176 valence electrons. The number of carboxylic acids is 1.